The van der Waals surface area contributed by atoms with E-state index in [0.29, 0.717) is 36.4 Å². The van der Waals surface area contributed by atoms with E-state index in [0.717, 1.165) is 15.7 Å². The zero-order chi connectivity index (χ0) is 16.6. The lowest BCUT2D eigenvalue weighted by Gasteiger charge is -2.28. The van der Waals surface area contributed by atoms with E-state index in [1.54, 1.807) is 18.5 Å². The number of amides is 1. The first-order valence-electron chi connectivity index (χ1n) is 6.83. The number of aliphatic imine (C=N–C) groups is 1. The first kappa shape index (κ1) is 15.9. The van der Waals surface area contributed by atoms with Gasteiger partial charge in [0.25, 0.3) is 0 Å². The van der Waals surface area contributed by atoms with Crippen LogP contribution in [-0.2, 0) is 0 Å². The number of hydrogen-bond acceptors (Lipinski definition) is 5. The van der Waals surface area contributed by atoms with Gasteiger partial charge in [0.05, 0.1) is 16.3 Å². The van der Waals surface area contributed by atoms with Gasteiger partial charge >= 0.3 is 6.09 Å². The zero-order valence-corrected chi connectivity index (χ0v) is 14.6. The van der Waals surface area contributed by atoms with E-state index >= 15 is 0 Å². The summed E-state index contributed by atoms with van der Waals surface area (Å²) in [6, 6.07) is 1.79. The minimum atomic E-state index is -0.972. The molecular weight excluding hydrogens is 388 g/mol. The molecule has 2 aliphatic heterocycles. The van der Waals surface area contributed by atoms with Crippen LogP contribution >= 0.6 is 27.5 Å². The fraction of sp³-hybridized carbons (Fsp3) is 0.286. The summed E-state index contributed by atoms with van der Waals surface area (Å²) in [7, 11) is 1.53. The third-order valence-electron chi connectivity index (χ3n) is 3.60. The van der Waals surface area contributed by atoms with E-state index in [9.17, 15) is 4.79 Å². The van der Waals surface area contributed by atoms with E-state index in [1.807, 2.05) is 4.90 Å². The normalized spacial score (nSPS) is 15.1. The highest BCUT2D eigenvalue weighted by atomic mass is 79.9. The fourth-order valence-electron chi connectivity index (χ4n) is 2.37. The van der Waals surface area contributed by atoms with Gasteiger partial charge in [0.15, 0.2) is 0 Å². The summed E-state index contributed by atoms with van der Waals surface area (Å²) in [5, 5.41) is 12.7. The molecule has 0 aromatic heterocycles. The highest BCUT2D eigenvalue weighted by Crippen LogP contribution is 2.42. The lowest BCUT2D eigenvalue weighted by Crippen LogP contribution is -2.37. The molecule has 7 nitrogen and oxygen atoms in total. The summed E-state index contributed by atoms with van der Waals surface area (Å²) in [6.45, 7) is 1.17. The number of halogens is 2. The molecule has 1 aromatic carbocycles. The topological polar surface area (TPSA) is 77.4 Å². The van der Waals surface area contributed by atoms with Gasteiger partial charge in [0.2, 0.25) is 0 Å². The first-order valence-corrected chi connectivity index (χ1v) is 8.01. The molecule has 23 heavy (non-hydrogen) atoms. The van der Waals surface area contributed by atoms with Crippen LogP contribution < -0.4 is 10.1 Å². The summed E-state index contributed by atoms with van der Waals surface area (Å²) < 4.78 is 6.38. The number of ether oxygens (including phenoxy) is 1. The summed E-state index contributed by atoms with van der Waals surface area (Å²) in [5.41, 5.74) is 1.52. The molecule has 0 radical (unpaired) electrons. The van der Waals surface area contributed by atoms with E-state index < -0.39 is 6.09 Å². The van der Waals surface area contributed by atoms with Crippen LogP contribution in [0.2, 0.25) is 5.02 Å². The maximum atomic E-state index is 10.9. The molecule has 2 N–H and O–H groups in total. The number of amidine groups is 1. The van der Waals surface area contributed by atoms with Crippen molar-refractivity contribution in [3.63, 3.8) is 0 Å². The summed E-state index contributed by atoms with van der Waals surface area (Å²) in [5.74, 6) is 1.34. The Morgan fingerprint density at radius 2 is 2.43 bits per heavy atom. The van der Waals surface area contributed by atoms with Crippen molar-refractivity contribution in [2.24, 2.45) is 4.99 Å². The Morgan fingerprint density at radius 1 is 1.65 bits per heavy atom. The molecule has 1 amide bonds. The second-order valence-electron chi connectivity index (χ2n) is 5.04. The monoisotopic (exact) mass is 400 g/mol. The summed E-state index contributed by atoms with van der Waals surface area (Å²) in [6.07, 6.45) is 2.32. The SMILES string of the molecule is CN(CCN1C=COc2cc(Br)c(Cl)c3c2C1=NCN3)C(=O)O. The van der Waals surface area contributed by atoms with Crippen molar-refractivity contribution < 1.29 is 14.6 Å². The molecule has 2 heterocycles. The van der Waals surface area contributed by atoms with Gasteiger partial charge in [-0.25, -0.2) is 9.79 Å². The van der Waals surface area contributed by atoms with Crippen LogP contribution in [0, 0.1) is 0 Å². The highest BCUT2D eigenvalue weighted by Gasteiger charge is 2.28. The smallest absolute Gasteiger partial charge is 0.407 e. The Kier molecular flexibility index (Phi) is 4.36. The van der Waals surface area contributed by atoms with Crippen LogP contribution in [-0.4, -0.2) is 53.6 Å². The number of nitrogens with one attached hydrogen (secondary N) is 1. The standard InChI is InChI=1S/C14H14BrClN4O3/c1-19(14(21)22)2-3-20-4-5-23-9-6-8(15)11(16)12-10(9)13(20)18-7-17-12/h4-6,17H,2-3,7H2,1H3,(H,21,22). The largest absolute Gasteiger partial charge is 0.465 e. The van der Waals surface area contributed by atoms with Crippen molar-refractivity contribution in [2.75, 3.05) is 32.1 Å². The lowest BCUT2D eigenvalue weighted by molar-refractivity contribution is 0.154. The molecule has 3 rings (SSSR count). The van der Waals surface area contributed by atoms with Gasteiger partial charge in [-0.15, -0.1) is 0 Å². The molecule has 0 atom stereocenters. The quantitative estimate of drug-likeness (QED) is 0.814. The van der Waals surface area contributed by atoms with Crippen LogP contribution in [0.15, 0.2) is 28.0 Å². The Labute approximate surface area is 146 Å². The molecule has 0 bridgehead atoms. The molecule has 122 valence electrons. The van der Waals surface area contributed by atoms with Crippen LogP contribution in [0.5, 0.6) is 5.75 Å². The molecule has 0 spiro atoms. The number of likely N-dealkylation sites (N-methyl/N-ethyl adjacent to an activating group) is 1. The van der Waals surface area contributed by atoms with Crippen molar-refractivity contribution in [1.29, 1.82) is 0 Å². The average Bonchev–Trinajstić information content (AvgIpc) is 2.70. The number of carbonyl (C=O) groups is 1. The molecule has 0 saturated carbocycles. The van der Waals surface area contributed by atoms with E-state index in [2.05, 4.69) is 26.2 Å². The molecule has 0 unspecified atom stereocenters. The predicted octanol–water partition coefficient (Wildman–Crippen LogP) is 3.01. The van der Waals surface area contributed by atoms with Gasteiger partial charge in [-0.05, 0) is 22.0 Å². The second-order valence-corrected chi connectivity index (χ2v) is 6.27. The highest BCUT2D eigenvalue weighted by molar-refractivity contribution is 9.10. The summed E-state index contributed by atoms with van der Waals surface area (Å²) in [4.78, 5) is 18.5. The van der Waals surface area contributed by atoms with Gasteiger partial charge in [-0.1, -0.05) is 11.6 Å². The van der Waals surface area contributed by atoms with Gasteiger partial charge in [0, 0.05) is 30.8 Å². The second kappa shape index (κ2) is 6.29. The molecular formula is C14H14BrClN4O3. The maximum Gasteiger partial charge on any atom is 0.407 e. The number of carboxylic acid groups (broad SMARTS) is 1. The minimum Gasteiger partial charge on any atom is -0.465 e. The third-order valence-corrected chi connectivity index (χ3v) is 4.85. The average molecular weight is 402 g/mol. The van der Waals surface area contributed by atoms with Crippen molar-refractivity contribution in [3.05, 3.63) is 33.6 Å². The van der Waals surface area contributed by atoms with Crippen molar-refractivity contribution in [3.8, 4) is 5.75 Å². The molecule has 0 aliphatic carbocycles. The third kappa shape index (κ3) is 2.96. The maximum absolute atomic E-state index is 10.9. The van der Waals surface area contributed by atoms with Gasteiger partial charge in [-0.3, -0.25) is 0 Å². The van der Waals surface area contributed by atoms with Crippen molar-refractivity contribution >= 4 is 45.1 Å². The Bertz CT molecular complexity index is 722. The van der Waals surface area contributed by atoms with Gasteiger partial charge in [0.1, 0.15) is 24.5 Å². The molecule has 2 aliphatic rings. The molecule has 9 heteroatoms. The predicted molar refractivity (Wildman–Crippen MR) is 91.3 cm³/mol. The number of nitrogens with zero attached hydrogens (tertiary/aromatic N) is 3. The minimum absolute atomic E-state index is 0.334. The Hall–Kier alpha value is -1.93. The van der Waals surface area contributed by atoms with Crippen LogP contribution in [0.4, 0.5) is 10.5 Å². The number of anilines is 1. The van der Waals surface area contributed by atoms with E-state index in [4.69, 9.17) is 21.4 Å². The van der Waals surface area contributed by atoms with Crippen molar-refractivity contribution in [2.45, 2.75) is 0 Å². The van der Waals surface area contributed by atoms with E-state index in [1.165, 1.54) is 11.9 Å². The number of rotatable bonds is 3. The van der Waals surface area contributed by atoms with E-state index in [-0.39, 0.29) is 0 Å². The number of hydrogen-bond donors (Lipinski definition) is 2. The zero-order valence-electron chi connectivity index (χ0n) is 12.2. The molecule has 1 aromatic rings. The van der Waals surface area contributed by atoms with Gasteiger partial charge in [-0.2, -0.15) is 0 Å². The fourth-order valence-corrected chi connectivity index (χ4v) is 2.99. The Morgan fingerprint density at radius 3 is 3.17 bits per heavy atom. The van der Waals surface area contributed by atoms with Gasteiger partial charge < -0.3 is 25.0 Å². The van der Waals surface area contributed by atoms with Crippen molar-refractivity contribution in [1.82, 2.24) is 9.80 Å². The van der Waals surface area contributed by atoms with Crippen LogP contribution in [0.1, 0.15) is 5.56 Å². The van der Waals surface area contributed by atoms with Crippen LogP contribution in [0.3, 0.4) is 0 Å². The molecule has 0 saturated heterocycles. The molecule has 0 fully saturated rings. The van der Waals surface area contributed by atoms with Crippen LogP contribution in [0.25, 0.3) is 0 Å². The summed E-state index contributed by atoms with van der Waals surface area (Å²) >= 11 is 9.77. The Balaban J connectivity index is 1.95. The lowest BCUT2D eigenvalue weighted by atomic mass is 10.1. The first-order chi connectivity index (χ1) is 11.0. The number of benzene rings is 1.